The lowest BCUT2D eigenvalue weighted by atomic mass is 10.0. The molecule has 2 aromatic carbocycles. The van der Waals surface area contributed by atoms with Gasteiger partial charge >= 0.3 is 23.4 Å². The molecule has 1 aliphatic heterocycles. The number of hydrogen-bond donors (Lipinski definition) is 0. The van der Waals surface area contributed by atoms with E-state index in [-0.39, 0.29) is 12.2 Å². The number of esters is 1. The molecule has 0 saturated carbocycles. The number of methoxy groups -OCH3 is 1. The number of carbonyl (C=O) groups is 2. The second-order valence-corrected chi connectivity index (χ2v) is 8.98. The van der Waals surface area contributed by atoms with Crippen LogP contribution in [-0.4, -0.2) is 45.4 Å². The summed E-state index contributed by atoms with van der Waals surface area (Å²) in [5.74, 6) is -1.62. The zero-order valence-corrected chi connectivity index (χ0v) is 19.9. The number of rotatable bonds is 5. The first-order valence-electron chi connectivity index (χ1n) is 10.1. The summed E-state index contributed by atoms with van der Waals surface area (Å²) in [6, 6.07) is 11.9. The molecule has 0 radical (unpaired) electrons. The topological polar surface area (TPSA) is 107 Å². The molecule has 10 nitrogen and oxygen atoms in total. The molecule has 2 amide bonds. The van der Waals surface area contributed by atoms with E-state index in [1.807, 2.05) is 0 Å². The maximum Gasteiger partial charge on any atom is 0.447 e. The van der Waals surface area contributed by atoms with Crippen molar-refractivity contribution in [2.75, 3.05) is 18.6 Å². The molecule has 12 heteroatoms. The van der Waals surface area contributed by atoms with E-state index in [4.69, 9.17) is 32.5 Å². The van der Waals surface area contributed by atoms with Gasteiger partial charge in [0.2, 0.25) is 0 Å². The zero-order chi connectivity index (χ0) is 24.8. The minimum atomic E-state index is -1.20. The highest BCUT2D eigenvalue weighted by Gasteiger charge is 2.55. The number of hydrogen-bond acceptors (Lipinski definition) is 6. The summed E-state index contributed by atoms with van der Waals surface area (Å²) in [6.07, 6.45) is -1.15. The summed E-state index contributed by atoms with van der Waals surface area (Å²) < 4.78 is 11.7. The van der Waals surface area contributed by atoms with Crippen LogP contribution < -0.4 is 16.3 Å². The third kappa shape index (κ3) is 3.88. The third-order valence-electron chi connectivity index (χ3n) is 5.64. The number of anilines is 1. The maximum absolute atomic E-state index is 13.5. The van der Waals surface area contributed by atoms with E-state index in [1.54, 1.807) is 44.2 Å². The quantitative estimate of drug-likeness (QED) is 0.491. The molecule has 0 spiro atoms. The number of halogens is 2. The highest BCUT2D eigenvalue weighted by molar-refractivity contribution is 6.31. The van der Waals surface area contributed by atoms with Gasteiger partial charge in [0.05, 0.1) is 18.3 Å². The van der Waals surface area contributed by atoms with Crippen LogP contribution in [0.25, 0.3) is 5.69 Å². The van der Waals surface area contributed by atoms with E-state index in [2.05, 4.69) is 0 Å². The average molecular weight is 507 g/mol. The second kappa shape index (κ2) is 8.69. The molecule has 0 unspecified atom stereocenters. The Morgan fingerprint density at radius 2 is 1.62 bits per heavy atom. The number of benzene rings is 2. The van der Waals surface area contributed by atoms with E-state index in [9.17, 15) is 19.2 Å². The molecule has 1 fully saturated rings. The summed E-state index contributed by atoms with van der Waals surface area (Å²) in [5.41, 5.74) is -1.49. The van der Waals surface area contributed by atoms with Crippen molar-refractivity contribution in [1.82, 2.24) is 14.2 Å². The van der Waals surface area contributed by atoms with Crippen LogP contribution in [0.1, 0.15) is 20.0 Å². The van der Waals surface area contributed by atoms with Crippen LogP contribution in [0.3, 0.4) is 0 Å². The lowest BCUT2D eigenvalue weighted by Gasteiger charge is -2.33. The molecule has 3 aromatic rings. The maximum atomic E-state index is 13.5. The molecule has 1 saturated heterocycles. The molecule has 2 heterocycles. The molecule has 0 aliphatic carbocycles. The van der Waals surface area contributed by atoms with Crippen molar-refractivity contribution in [2.24, 2.45) is 0 Å². The minimum absolute atomic E-state index is 0.202. The van der Waals surface area contributed by atoms with Crippen LogP contribution in [0.2, 0.25) is 10.0 Å². The first kappa shape index (κ1) is 23.7. The fourth-order valence-electron chi connectivity index (χ4n) is 4.00. The predicted molar refractivity (Wildman–Crippen MR) is 125 cm³/mol. The minimum Gasteiger partial charge on any atom is -0.468 e. The number of ether oxygens (including phenoxy) is 1. The van der Waals surface area contributed by atoms with Crippen molar-refractivity contribution < 1.29 is 18.8 Å². The standard InChI is InChI=1S/C22H20Cl2N4O6/c1-22(2)18(28-20(31)27(21(32)34-28)16-9-5-7-14(24)11-16)26(15-8-4-6-13(23)10-15)19(30)25(22)12-17(29)33-3/h4-11,18H,12H2,1-3H3/t18-/m1/s1. The third-order valence-corrected chi connectivity index (χ3v) is 6.11. The molecule has 0 bridgehead atoms. The van der Waals surface area contributed by atoms with Gasteiger partial charge < -0.3 is 14.2 Å². The molecule has 1 atom stereocenters. The van der Waals surface area contributed by atoms with Crippen LogP contribution in [-0.2, 0) is 9.53 Å². The highest BCUT2D eigenvalue weighted by Crippen LogP contribution is 2.42. The molecular weight excluding hydrogens is 487 g/mol. The Labute approximate surface area is 203 Å². The first-order chi connectivity index (χ1) is 16.1. The molecule has 4 rings (SSSR count). The molecule has 178 valence electrons. The van der Waals surface area contributed by atoms with Gasteiger partial charge in [-0.05, 0) is 50.2 Å². The predicted octanol–water partition coefficient (Wildman–Crippen LogP) is 3.29. The van der Waals surface area contributed by atoms with Gasteiger partial charge in [0.15, 0.2) is 6.17 Å². The molecule has 34 heavy (non-hydrogen) atoms. The molecule has 0 N–H and O–H groups in total. The largest absolute Gasteiger partial charge is 0.468 e. The fourth-order valence-corrected chi connectivity index (χ4v) is 4.37. The number of urea groups is 1. The van der Waals surface area contributed by atoms with Gasteiger partial charge in [0.1, 0.15) is 6.54 Å². The van der Waals surface area contributed by atoms with Crippen LogP contribution >= 0.6 is 23.2 Å². The Morgan fingerprint density at radius 1 is 1.03 bits per heavy atom. The van der Waals surface area contributed by atoms with E-state index in [0.29, 0.717) is 15.7 Å². The van der Waals surface area contributed by atoms with Gasteiger partial charge in [-0.25, -0.2) is 14.4 Å². The molecule has 1 aromatic heterocycles. The van der Waals surface area contributed by atoms with Gasteiger partial charge in [-0.1, -0.05) is 35.3 Å². The van der Waals surface area contributed by atoms with Crippen molar-refractivity contribution in [2.45, 2.75) is 25.6 Å². The second-order valence-electron chi connectivity index (χ2n) is 8.10. The van der Waals surface area contributed by atoms with Crippen LogP contribution in [0, 0.1) is 0 Å². The normalized spacial score (nSPS) is 17.3. The lowest BCUT2D eigenvalue weighted by molar-refractivity contribution is -0.142. The summed E-state index contributed by atoms with van der Waals surface area (Å²) in [5, 5.41) is 0.663. The Morgan fingerprint density at radius 3 is 2.21 bits per heavy atom. The number of carbonyl (C=O) groups excluding carboxylic acids is 2. The summed E-state index contributed by atoms with van der Waals surface area (Å²) >= 11 is 12.2. The first-order valence-corrected chi connectivity index (χ1v) is 10.9. The Bertz CT molecular complexity index is 1390. The molecular formula is C22H20Cl2N4O6. The van der Waals surface area contributed by atoms with Gasteiger partial charge in [-0.15, -0.1) is 4.74 Å². The Kier molecular flexibility index (Phi) is 6.05. The summed E-state index contributed by atoms with van der Waals surface area (Å²) in [7, 11) is 1.21. The van der Waals surface area contributed by atoms with E-state index >= 15 is 0 Å². The Balaban J connectivity index is 1.93. The zero-order valence-electron chi connectivity index (χ0n) is 18.4. The number of amides is 2. The van der Waals surface area contributed by atoms with Gasteiger partial charge in [0, 0.05) is 15.7 Å². The van der Waals surface area contributed by atoms with Crippen molar-refractivity contribution in [3.8, 4) is 5.69 Å². The van der Waals surface area contributed by atoms with Crippen LogP contribution in [0.4, 0.5) is 10.5 Å². The summed E-state index contributed by atoms with van der Waals surface area (Å²) in [6.45, 7) is 2.91. The fraction of sp³-hybridized carbons (Fsp3) is 0.273. The summed E-state index contributed by atoms with van der Waals surface area (Å²) in [4.78, 5) is 54.3. The van der Waals surface area contributed by atoms with Crippen LogP contribution in [0.15, 0.2) is 62.6 Å². The van der Waals surface area contributed by atoms with Crippen molar-refractivity contribution in [3.05, 3.63) is 79.6 Å². The van der Waals surface area contributed by atoms with Gasteiger partial charge in [-0.3, -0.25) is 9.69 Å². The van der Waals surface area contributed by atoms with Gasteiger partial charge in [0.25, 0.3) is 0 Å². The molecule has 1 aliphatic rings. The smallest absolute Gasteiger partial charge is 0.447 e. The highest BCUT2D eigenvalue weighted by atomic mass is 35.5. The van der Waals surface area contributed by atoms with E-state index < -0.39 is 35.2 Å². The van der Waals surface area contributed by atoms with Crippen molar-refractivity contribution in [3.63, 3.8) is 0 Å². The monoisotopic (exact) mass is 506 g/mol. The van der Waals surface area contributed by atoms with E-state index in [0.717, 1.165) is 9.31 Å². The van der Waals surface area contributed by atoms with E-state index in [1.165, 1.54) is 35.1 Å². The SMILES string of the molecule is COC(=O)CN1C(=O)N(c2cccc(Cl)c2)[C@H](n2oc(=O)n(-c3cccc(Cl)c3)c2=O)C1(C)C. The number of nitrogens with zero attached hydrogens (tertiary/aromatic N) is 4. The number of aromatic nitrogens is 2. The lowest BCUT2D eigenvalue weighted by Crippen LogP contribution is -2.48. The van der Waals surface area contributed by atoms with Crippen LogP contribution in [0.5, 0.6) is 0 Å². The van der Waals surface area contributed by atoms with Crippen molar-refractivity contribution >= 4 is 40.9 Å². The van der Waals surface area contributed by atoms with Gasteiger partial charge in [-0.2, -0.15) is 4.57 Å². The average Bonchev–Trinajstić information content (AvgIpc) is 3.17. The Hall–Kier alpha value is -3.50. The van der Waals surface area contributed by atoms with Crippen molar-refractivity contribution in [1.29, 1.82) is 0 Å².